The second-order valence-electron chi connectivity index (χ2n) is 4.80. The maximum Gasteiger partial charge on any atom is 0.175 e. The summed E-state index contributed by atoms with van der Waals surface area (Å²) >= 11 is 0. The average Bonchev–Trinajstić information content (AvgIpc) is 2.33. The maximum absolute atomic E-state index is 11.3. The molecule has 4 nitrogen and oxygen atoms in total. The molecule has 0 radical (unpaired) electrons. The SMILES string of the molecule is CC(C)=CCNCC(O)c1ccc(S(C)(=O)=O)cc1. The molecule has 2 N–H and O–H groups in total. The molecule has 0 fully saturated rings. The third kappa shape index (κ3) is 5.55. The van der Waals surface area contributed by atoms with E-state index in [0.29, 0.717) is 18.7 Å². The first-order valence-corrected chi connectivity index (χ1v) is 8.02. The van der Waals surface area contributed by atoms with Gasteiger partial charge in [-0.2, -0.15) is 0 Å². The first-order chi connectivity index (χ1) is 8.80. The van der Waals surface area contributed by atoms with Crippen LogP contribution in [-0.2, 0) is 9.84 Å². The molecule has 0 saturated heterocycles. The molecule has 1 atom stereocenters. The molecule has 0 aromatic heterocycles. The summed E-state index contributed by atoms with van der Waals surface area (Å²) < 4.78 is 22.6. The molecule has 19 heavy (non-hydrogen) atoms. The molecular formula is C14H21NO3S. The summed E-state index contributed by atoms with van der Waals surface area (Å²) in [4.78, 5) is 0.265. The van der Waals surface area contributed by atoms with Gasteiger partial charge in [-0.05, 0) is 31.5 Å². The first kappa shape index (κ1) is 15.9. The third-order valence-corrected chi connectivity index (χ3v) is 3.81. The highest BCUT2D eigenvalue weighted by molar-refractivity contribution is 7.90. The summed E-state index contributed by atoms with van der Waals surface area (Å²) in [5.74, 6) is 0. The summed E-state index contributed by atoms with van der Waals surface area (Å²) in [7, 11) is -3.18. The lowest BCUT2D eigenvalue weighted by Gasteiger charge is -2.12. The second kappa shape index (κ2) is 6.84. The maximum atomic E-state index is 11.3. The van der Waals surface area contributed by atoms with Gasteiger partial charge in [0.25, 0.3) is 0 Å². The van der Waals surface area contributed by atoms with Gasteiger partial charge in [-0.25, -0.2) is 8.42 Å². The Morgan fingerprint density at radius 2 is 1.89 bits per heavy atom. The van der Waals surface area contributed by atoms with E-state index in [4.69, 9.17) is 0 Å². The lowest BCUT2D eigenvalue weighted by atomic mass is 10.1. The number of aliphatic hydroxyl groups excluding tert-OH is 1. The van der Waals surface area contributed by atoms with Gasteiger partial charge in [0.05, 0.1) is 11.0 Å². The van der Waals surface area contributed by atoms with Gasteiger partial charge in [0.15, 0.2) is 9.84 Å². The fourth-order valence-corrected chi connectivity index (χ4v) is 2.18. The standard InChI is InChI=1S/C14H21NO3S/c1-11(2)8-9-15-10-14(16)12-4-6-13(7-5-12)19(3,17)18/h4-8,14-16H,9-10H2,1-3H3. The number of rotatable bonds is 6. The van der Waals surface area contributed by atoms with E-state index < -0.39 is 15.9 Å². The Morgan fingerprint density at radius 1 is 1.32 bits per heavy atom. The van der Waals surface area contributed by atoms with Gasteiger partial charge in [0, 0.05) is 19.3 Å². The van der Waals surface area contributed by atoms with Crippen LogP contribution in [0.25, 0.3) is 0 Å². The minimum atomic E-state index is -3.18. The second-order valence-corrected chi connectivity index (χ2v) is 6.81. The molecule has 1 aromatic carbocycles. The smallest absolute Gasteiger partial charge is 0.175 e. The Kier molecular flexibility index (Phi) is 5.72. The van der Waals surface area contributed by atoms with Crippen molar-refractivity contribution in [3.8, 4) is 0 Å². The molecule has 0 aliphatic rings. The van der Waals surface area contributed by atoms with Gasteiger partial charge < -0.3 is 10.4 Å². The number of benzene rings is 1. The molecule has 106 valence electrons. The summed E-state index contributed by atoms with van der Waals surface area (Å²) in [6, 6.07) is 6.32. The Hall–Kier alpha value is -1.17. The molecule has 5 heteroatoms. The van der Waals surface area contributed by atoms with E-state index in [1.54, 1.807) is 12.1 Å². The van der Waals surface area contributed by atoms with Crippen LogP contribution < -0.4 is 5.32 Å². The third-order valence-electron chi connectivity index (χ3n) is 2.69. The molecule has 0 aliphatic carbocycles. The monoisotopic (exact) mass is 283 g/mol. The molecule has 0 spiro atoms. The van der Waals surface area contributed by atoms with Crippen LogP contribution in [-0.4, -0.2) is 32.9 Å². The van der Waals surface area contributed by atoms with Crippen molar-refractivity contribution in [3.63, 3.8) is 0 Å². The van der Waals surface area contributed by atoms with Crippen molar-refractivity contribution in [2.75, 3.05) is 19.3 Å². The highest BCUT2D eigenvalue weighted by Crippen LogP contribution is 2.15. The fourth-order valence-electron chi connectivity index (χ4n) is 1.55. The number of nitrogens with one attached hydrogen (secondary N) is 1. The number of aliphatic hydroxyl groups is 1. The normalized spacial score (nSPS) is 13.1. The predicted octanol–water partition coefficient (Wildman–Crippen LogP) is 1.68. The molecule has 0 saturated carbocycles. The van der Waals surface area contributed by atoms with Crippen molar-refractivity contribution in [3.05, 3.63) is 41.5 Å². The lowest BCUT2D eigenvalue weighted by molar-refractivity contribution is 0.176. The van der Waals surface area contributed by atoms with Crippen molar-refractivity contribution in [2.24, 2.45) is 0 Å². The van der Waals surface area contributed by atoms with Crippen LogP contribution in [0.15, 0.2) is 40.8 Å². The Morgan fingerprint density at radius 3 is 2.37 bits per heavy atom. The van der Waals surface area contributed by atoms with Gasteiger partial charge in [0.1, 0.15) is 0 Å². The number of hydrogen-bond donors (Lipinski definition) is 2. The Balaban J connectivity index is 2.58. The van der Waals surface area contributed by atoms with Crippen molar-refractivity contribution in [2.45, 2.75) is 24.8 Å². The number of allylic oxidation sites excluding steroid dienone is 1. The largest absolute Gasteiger partial charge is 0.387 e. The van der Waals surface area contributed by atoms with Crippen LogP contribution in [0.5, 0.6) is 0 Å². The lowest BCUT2D eigenvalue weighted by Crippen LogP contribution is -2.21. The van der Waals surface area contributed by atoms with Gasteiger partial charge in [-0.3, -0.25) is 0 Å². The van der Waals surface area contributed by atoms with Crippen molar-refractivity contribution >= 4 is 9.84 Å². The molecule has 0 heterocycles. The van der Waals surface area contributed by atoms with Crippen LogP contribution in [0.1, 0.15) is 25.5 Å². The zero-order valence-corrected chi connectivity index (χ0v) is 12.4. The topological polar surface area (TPSA) is 66.4 Å². The highest BCUT2D eigenvalue weighted by Gasteiger charge is 2.10. The molecule has 1 aromatic rings. The van der Waals surface area contributed by atoms with E-state index in [2.05, 4.69) is 5.32 Å². The predicted molar refractivity (Wildman–Crippen MR) is 76.8 cm³/mol. The van der Waals surface area contributed by atoms with E-state index in [9.17, 15) is 13.5 Å². The zero-order valence-electron chi connectivity index (χ0n) is 11.6. The minimum absolute atomic E-state index is 0.265. The highest BCUT2D eigenvalue weighted by atomic mass is 32.2. The first-order valence-electron chi connectivity index (χ1n) is 6.13. The molecule has 0 aliphatic heterocycles. The quantitative estimate of drug-likeness (QED) is 0.616. The minimum Gasteiger partial charge on any atom is -0.387 e. The van der Waals surface area contributed by atoms with Crippen molar-refractivity contribution in [1.29, 1.82) is 0 Å². The van der Waals surface area contributed by atoms with E-state index >= 15 is 0 Å². The van der Waals surface area contributed by atoms with E-state index in [1.165, 1.54) is 24.0 Å². The summed E-state index contributed by atoms with van der Waals surface area (Å²) in [6.07, 6.45) is 2.57. The van der Waals surface area contributed by atoms with E-state index in [0.717, 1.165) is 0 Å². The Bertz CT molecular complexity index is 528. The molecular weight excluding hydrogens is 262 g/mol. The molecule has 1 unspecified atom stereocenters. The zero-order chi connectivity index (χ0) is 14.5. The summed E-state index contributed by atoms with van der Waals surface area (Å²) in [6.45, 7) is 5.17. The van der Waals surface area contributed by atoms with E-state index in [-0.39, 0.29) is 4.90 Å². The van der Waals surface area contributed by atoms with Crippen LogP contribution in [0.3, 0.4) is 0 Å². The molecule has 1 rings (SSSR count). The van der Waals surface area contributed by atoms with Gasteiger partial charge >= 0.3 is 0 Å². The van der Waals surface area contributed by atoms with Crippen molar-refractivity contribution in [1.82, 2.24) is 5.32 Å². The van der Waals surface area contributed by atoms with Crippen LogP contribution in [0.4, 0.5) is 0 Å². The summed E-state index contributed by atoms with van der Waals surface area (Å²) in [5.41, 5.74) is 1.93. The number of sulfone groups is 1. The van der Waals surface area contributed by atoms with Gasteiger partial charge in [-0.15, -0.1) is 0 Å². The summed E-state index contributed by atoms with van der Waals surface area (Å²) in [5, 5.41) is 13.1. The molecule has 0 amide bonds. The van der Waals surface area contributed by atoms with E-state index in [1.807, 2.05) is 19.9 Å². The van der Waals surface area contributed by atoms with Crippen molar-refractivity contribution < 1.29 is 13.5 Å². The van der Waals surface area contributed by atoms with Crippen LogP contribution in [0, 0.1) is 0 Å². The molecule has 0 bridgehead atoms. The fraction of sp³-hybridized carbons (Fsp3) is 0.429. The van der Waals surface area contributed by atoms with Crippen LogP contribution >= 0.6 is 0 Å². The van der Waals surface area contributed by atoms with Crippen LogP contribution in [0.2, 0.25) is 0 Å². The van der Waals surface area contributed by atoms with Gasteiger partial charge in [-0.1, -0.05) is 23.8 Å². The average molecular weight is 283 g/mol. The number of hydrogen-bond acceptors (Lipinski definition) is 4. The van der Waals surface area contributed by atoms with Gasteiger partial charge in [0.2, 0.25) is 0 Å². The Labute approximate surface area is 115 Å².